The molecular weight excluding hydrogens is 312 g/mol. The number of carbonyl (C=O) groups is 1. The molecule has 1 aliphatic carbocycles. The Labute approximate surface area is 146 Å². The van der Waals surface area contributed by atoms with Gasteiger partial charge < -0.3 is 15.6 Å². The van der Waals surface area contributed by atoms with Crippen molar-refractivity contribution in [1.29, 1.82) is 0 Å². The van der Waals surface area contributed by atoms with Crippen LogP contribution in [0.2, 0.25) is 0 Å². The number of nitrogens with zero attached hydrogens (tertiary/aromatic N) is 1. The first-order chi connectivity index (χ1) is 12.3. The molecule has 1 saturated carbocycles. The van der Waals surface area contributed by atoms with Crippen molar-refractivity contribution in [2.45, 2.75) is 31.7 Å². The molecule has 0 saturated heterocycles. The van der Waals surface area contributed by atoms with E-state index >= 15 is 0 Å². The van der Waals surface area contributed by atoms with Crippen molar-refractivity contribution < 1.29 is 4.79 Å². The summed E-state index contributed by atoms with van der Waals surface area (Å²) in [6.45, 7) is 0. The van der Waals surface area contributed by atoms with Gasteiger partial charge in [0.05, 0.1) is 11.0 Å². The molecule has 1 aromatic heterocycles. The highest BCUT2D eigenvalue weighted by molar-refractivity contribution is 5.92. The monoisotopic (exact) mass is 334 g/mol. The van der Waals surface area contributed by atoms with Gasteiger partial charge in [0.15, 0.2) is 0 Å². The van der Waals surface area contributed by atoms with Crippen molar-refractivity contribution >= 4 is 28.6 Å². The lowest BCUT2D eigenvalue weighted by Crippen LogP contribution is -2.32. The molecule has 0 spiro atoms. The summed E-state index contributed by atoms with van der Waals surface area (Å²) in [6.07, 6.45) is 3.75. The van der Waals surface area contributed by atoms with Crippen LogP contribution in [-0.2, 0) is 4.79 Å². The molecule has 3 aromatic rings. The Kier molecular flexibility index (Phi) is 4.37. The Morgan fingerprint density at radius 3 is 2.44 bits per heavy atom. The zero-order valence-corrected chi connectivity index (χ0v) is 14.0. The minimum atomic E-state index is 0.0916. The number of carbonyl (C=O) groups excluding carboxylic acids is 1. The highest BCUT2D eigenvalue weighted by atomic mass is 16.1. The number of aromatic amines is 1. The van der Waals surface area contributed by atoms with Gasteiger partial charge >= 0.3 is 0 Å². The lowest BCUT2D eigenvalue weighted by molar-refractivity contribution is -0.120. The minimum Gasteiger partial charge on any atom is -0.353 e. The predicted octanol–water partition coefficient (Wildman–Crippen LogP) is 4.17. The zero-order valence-electron chi connectivity index (χ0n) is 14.0. The molecule has 2 aromatic carbocycles. The summed E-state index contributed by atoms with van der Waals surface area (Å²) in [5.41, 5.74) is 2.89. The summed E-state index contributed by atoms with van der Waals surface area (Å²) in [5, 5.41) is 6.50. The van der Waals surface area contributed by atoms with E-state index in [0.717, 1.165) is 48.4 Å². The molecule has 5 nitrogen and oxygen atoms in total. The van der Waals surface area contributed by atoms with E-state index < -0.39 is 0 Å². The maximum atomic E-state index is 12.4. The number of amides is 1. The van der Waals surface area contributed by atoms with E-state index in [1.54, 1.807) is 0 Å². The molecule has 0 unspecified atom stereocenters. The number of benzene rings is 2. The van der Waals surface area contributed by atoms with Gasteiger partial charge in [-0.2, -0.15) is 0 Å². The van der Waals surface area contributed by atoms with Gasteiger partial charge in [-0.1, -0.05) is 30.3 Å². The topological polar surface area (TPSA) is 69.8 Å². The van der Waals surface area contributed by atoms with Crippen LogP contribution in [0.4, 0.5) is 11.6 Å². The van der Waals surface area contributed by atoms with Gasteiger partial charge in [0, 0.05) is 17.6 Å². The molecule has 0 radical (unpaired) electrons. The van der Waals surface area contributed by atoms with Crippen LogP contribution >= 0.6 is 0 Å². The van der Waals surface area contributed by atoms with Crippen LogP contribution in [0, 0.1) is 5.92 Å². The van der Waals surface area contributed by atoms with Crippen molar-refractivity contribution in [3.63, 3.8) is 0 Å². The molecule has 1 heterocycles. The summed E-state index contributed by atoms with van der Waals surface area (Å²) in [6, 6.07) is 18.0. The largest absolute Gasteiger partial charge is 0.353 e. The van der Waals surface area contributed by atoms with Gasteiger partial charge in [0.2, 0.25) is 11.9 Å². The normalized spacial score (nSPS) is 20.3. The summed E-state index contributed by atoms with van der Waals surface area (Å²) in [4.78, 5) is 20.3. The first-order valence-electron chi connectivity index (χ1n) is 8.85. The smallest absolute Gasteiger partial charge is 0.227 e. The average molecular weight is 334 g/mol. The van der Waals surface area contributed by atoms with Gasteiger partial charge in [0.1, 0.15) is 0 Å². The highest BCUT2D eigenvalue weighted by Crippen LogP contribution is 2.27. The maximum Gasteiger partial charge on any atom is 0.227 e. The second kappa shape index (κ2) is 6.97. The molecule has 4 rings (SSSR count). The number of fused-ring (bicyclic) bond motifs is 1. The quantitative estimate of drug-likeness (QED) is 0.670. The first-order valence-corrected chi connectivity index (χ1v) is 8.85. The number of rotatable bonds is 4. The number of hydrogen-bond donors (Lipinski definition) is 3. The fourth-order valence-corrected chi connectivity index (χ4v) is 3.48. The number of anilines is 2. The van der Waals surface area contributed by atoms with Crippen LogP contribution in [-0.4, -0.2) is 21.9 Å². The Morgan fingerprint density at radius 1 is 0.960 bits per heavy atom. The highest BCUT2D eigenvalue weighted by Gasteiger charge is 2.26. The number of H-pyrrole nitrogens is 1. The van der Waals surface area contributed by atoms with Crippen LogP contribution in [0.25, 0.3) is 11.0 Å². The lowest BCUT2D eigenvalue weighted by Gasteiger charge is -2.28. The molecule has 0 bridgehead atoms. The predicted molar refractivity (Wildman–Crippen MR) is 101 cm³/mol. The summed E-state index contributed by atoms with van der Waals surface area (Å²) >= 11 is 0. The lowest BCUT2D eigenvalue weighted by atomic mass is 9.85. The van der Waals surface area contributed by atoms with Crippen molar-refractivity contribution in [3.05, 3.63) is 54.6 Å². The van der Waals surface area contributed by atoms with Crippen molar-refractivity contribution in [3.8, 4) is 0 Å². The van der Waals surface area contributed by atoms with Crippen LogP contribution in [0.3, 0.4) is 0 Å². The van der Waals surface area contributed by atoms with E-state index in [-0.39, 0.29) is 11.8 Å². The fourth-order valence-electron chi connectivity index (χ4n) is 3.48. The van der Waals surface area contributed by atoms with E-state index in [9.17, 15) is 4.79 Å². The van der Waals surface area contributed by atoms with E-state index in [1.165, 1.54) is 0 Å². The SMILES string of the molecule is O=C(Nc1ccccc1)[C@H]1CC[C@H](Nc2nc3ccccc3[nH]2)CC1. The van der Waals surface area contributed by atoms with Crippen LogP contribution < -0.4 is 10.6 Å². The number of para-hydroxylation sites is 3. The minimum absolute atomic E-state index is 0.0916. The number of imidazole rings is 1. The molecule has 0 atom stereocenters. The zero-order chi connectivity index (χ0) is 17.1. The van der Waals surface area contributed by atoms with Gasteiger partial charge in [-0.05, 0) is 49.9 Å². The van der Waals surface area contributed by atoms with Gasteiger partial charge in [-0.15, -0.1) is 0 Å². The van der Waals surface area contributed by atoms with Crippen molar-refractivity contribution in [1.82, 2.24) is 9.97 Å². The molecule has 1 fully saturated rings. The molecule has 25 heavy (non-hydrogen) atoms. The van der Waals surface area contributed by atoms with Crippen LogP contribution in [0.15, 0.2) is 54.6 Å². The third-order valence-corrected chi connectivity index (χ3v) is 4.87. The molecule has 0 aliphatic heterocycles. The average Bonchev–Trinajstić information content (AvgIpc) is 3.05. The van der Waals surface area contributed by atoms with Crippen LogP contribution in [0.5, 0.6) is 0 Å². The Morgan fingerprint density at radius 2 is 1.68 bits per heavy atom. The molecule has 1 aliphatic rings. The second-order valence-electron chi connectivity index (χ2n) is 6.65. The number of hydrogen-bond acceptors (Lipinski definition) is 3. The molecule has 1 amide bonds. The van der Waals surface area contributed by atoms with Gasteiger partial charge in [0.25, 0.3) is 0 Å². The van der Waals surface area contributed by atoms with E-state index in [0.29, 0.717) is 6.04 Å². The second-order valence-corrected chi connectivity index (χ2v) is 6.65. The summed E-state index contributed by atoms with van der Waals surface area (Å²) < 4.78 is 0. The third kappa shape index (κ3) is 3.65. The molecular formula is C20H22N4O. The van der Waals surface area contributed by atoms with Crippen LogP contribution in [0.1, 0.15) is 25.7 Å². The van der Waals surface area contributed by atoms with E-state index in [4.69, 9.17) is 0 Å². The Bertz CT molecular complexity index is 817. The molecule has 5 heteroatoms. The van der Waals surface area contributed by atoms with Gasteiger partial charge in [-0.25, -0.2) is 4.98 Å². The van der Waals surface area contributed by atoms with E-state index in [2.05, 4.69) is 20.6 Å². The standard InChI is InChI=1S/C20H22N4O/c25-19(21-15-6-2-1-3-7-15)14-10-12-16(13-11-14)22-20-23-17-8-4-5-9-18(17)24-20/h1-9,14,16H,10-13H2,(H,21,25)(H2,22,23,24)/t14-,16-. The first kappa shape index (κ1) is 15.7. The maximum absolute atomic E-state index is 12.4. The summed E-state index contributed by atoms with van der Waals surface area (Å²) in [7, 11) is 0. The number of aromatic nitrogens is 2. The Hall–Kier alpha value is -2.82. The molecule has 128 valence electrons. The fraction of sp³-hybridized carbons (Fsp3) is 0.300. The van der Waals surface area contributed by atoms with Gasteiger partial charge in [-0.3, -0.25) is 4.79 Å². The van der Waals surface area contributed by atoms with Crippen molar-refractivity contribution in [2.24, 2.45) is 5.92 Å². The summed E-state index contributed by atoms with van der Waals surface area (Å²) in [5.74, 6) is 1.04. The van der Waals surface area contributed by atoms with E-state index in [1.807, 2.05) is 54.6 Å². The molecule has 3 N–H and O–H groups in total. The third-order valence-electron chi connectivity index (χ3n) is 4.87. The number of nitrogens with one attached hydrogen (secondary N) is 3. The van der Waals surface area contributed by atoms with Crippen molar-refractivity contribution in [2.75, 3.05) is 10.6 Å². The Balaban J connectivity index is 1.31.